The zero-order valence-electron chi connectivity index (χ0n) is 11.3. The van der Waals surface area contributed by atoms with Crippen LogP contribution in [0.3, 0.4) is 0 Å². The minimum absolute atomic E-state index is 0.0709. The van der Waals surface area contributed by atoms with E-state index in [9.17, 15) is 30.4 Å². The van der Waals surface area contributed by atoms with E-state index < -0.39 is 54.8 Å². The Kier molecular flexibility index (Phi) is 2.87. The van der Waals surface area contributed by atoms with Crippen molar-refractivity contribution in [1.82, 2.24) is 0 Å². The van der Waals surface area contributed by atoms with Crippen molar-refractivity contribution in [2.24, 2.45) is 23.7 Å². The van der Waals surface area contributed by atoms with Crippen LogP contribution in [0, 0.1) is 23.7 Å². The van der Waals surface area contributed by atoms with Gasteiger partial charge >= 0.3 is 21.3 Å². The van der Waals surface area contributed by atoms with Crippen molar-refractivity contribution in [3.8, 4) is 0 Å². The third-order valence-electron chi connectivity index (χ3n) is 5.46. The zero-order chi connectivity index (χ0) is 16.9. The summed E-state index contributed by atoms with van der Waals surface area (Å²) < 4.78 is 89.5. The summed E-state index contributed by atoms with van der Waals surface area (Å²) in [5.41, 5.74) is 0. The van der Waals surface area contributed by atoms with Gasteiger partial charge in [0.2, 0.25) is 0 Å². The average molecular weight is 374 g/mol. The van der Waals surface area contributed by atoms with Crippen molar-refractivity contribution in [1.29, 1.82) is 0 Å². The average Bonchev–Trinajstić information content (AvgIpc) is 2.77. The van der Waals surface area contributed by atoms with Gasteiger partial charge in [0.25, 0.3) is 10.1 Å². The summed E-state index contributed by atoms with van der Waals surface area (Å²) in [4.78, 5) is 11.4. The number of ether oxygens (including phenoxy) is 1. The molecule has 0 radical (unpaired) electrons. The van der Waals surface area contributed by atoms with Gasteiger partial charge in [-0.15, -0.1) is 0 Å². The van der Waals surface area contributed by atoms with E-state index in [4.69, 9.17) is 8.74 Å². The number of rotatable bonds is 3. The summed E-state index contributed by atoms with van der Waals surface area (Å²) >= 11 is 0. The van der Waals surface area contributed by atoms with Crippen molar-refractivity contribution in [2.75, 3.05) is 0 Å². The fourth-order valence-electron chi connectivity index (χ4n) is 4.55. The monoisotopic (exact) mass is 374 g/mol. The Balaban J connectivity index is 1.59. The van der Waals surface area contributed by atoms with Crippen LogP contribution in [-0.4, -0.2) is 50.1 Å². The molecule has 12 heteroatoms. The second-order valence-electron chi connectivity index (χ2n) is 6.48. The first-order valence-electron chi connectivity index (χ1n) is 6.93. The van der Waals surface area contributed by atoms with E-state index in [1.165, 1.54) is 0 Å². The third-order valence-corrected chi connectivity index (χ3v) is 8.02. The van der Waals surface area contributed by atoms with Gasteiger partial charge in [-0.2, -0.15) is 25.6 Å². The highest BCUT2D eigenvalue weighted by Gasteiger charge is 2.74. The molecule has 7 unspecified atom stereocenters. The number of carbonyl (C=O) groups is 1. The van der Waals surface area contributed by atoms with E-state index in [2.05, 4.69) is 4.74 Å². The molecular weight excluding hydrogens is 362 g/mol. The highest BCUT2D eigenvalue weighted by atomic mass is 32.2. The second-order valence-corrected chi connectivity index (χ2v) is 9.73. The first-order chi connectivity index (χ1) is 10.4. The van der Waals surface area contributed by atoms with Crippen LogP contribution in [0.15, 0.2) is 0 Å². The minimum atomic E-state index is -5.97. The van der Waals surface area contributed by atoms with Gasteiger partial charge in [-0.1, -0.05) is 0 Å². The van der Waals surface area contributed by atoms with Gasteiger partial charge in [0.1, 0.15) is 12.2 Å². The molecule has 0 aromatic carbocycles. The SMILES string of the molecule is O=C(OC1CC2C3CC4C(C1OS4(=O)=O)C23)C(F)(F)S(=O)(=O)O. The number of esters is 1. The standard InChI is InChI=1S/C11H12F2O8S2/c12-11(13,23(17,18)19)10(14)20-5-1-3-4-2-6-8(7(3)4)9(5)21-22(6,15)16/h3-9H,1-2H2,(H,17,18,19). The van der Waals surface area contributed by atoms with Crippen molar-refractivity contribution in [3.05, 3.63) is 0 Å². The molecule has 3 aliphatic carbocycles. The number of alkyl halides is 2. The maximum atomic E-state index is 13.3. The van der Waals surface area contributed by atoms with Gasteiger partial charge < -0.3 is 4.74 Å². The van der Waals surface area contributed by atoms with E-state index in [1.807, 2.05) is 0 Å². The molecule has 130 valence electrons. The summed E-state index contributed by atoms with van der Waals surface area (Å²) in [5.74, 6) is -2.50. The van der Waals surface area contributed by atoms with E-state index in [1.54, 1.807) is 0 Å². The maximum absolute atomic E-state index is 13.3. The smallest absolute Gasteiger partial charge is 0.454 e. The molecule has 0 bridgehead atoms. The predicted octanol–water partition coefficient (Wildman–Crippen LogP) is -0.238. The largest absolute Gasteiger partial charge is 0.465 e. The lowest BCUT2D eigenvalue weighted by Crippen LogP contribution is -2.47. The lowest BCUT2D eigenvalue weighted by atomic mass is 9.82. The van der Waals surface area contributed by atoms with E-state index >= 15 is 0 Å². The Hall–Kier alpha value is -0.850. The van der Waals surface area contributed by atoms with Gasteiger partial charge in [-0.3, -0.25) is 8.74 Å². The first kappa shape index (κ1) is 15.7. The fraction of sp³-hybridized carbons (Fsp3) is 0.909. The van der Waals surface area contributed by atoms with Crippen LogP contribution in [-0.2, 0) is 34.0 Å². The number of fused-ring (bicyclic) bond motifs is 1. The maximum Gasteiger partial charge on any atom is 0.465 e. The van der Waals surface area contributed by atoms with Gasteiger partial charge in [-0.25, -0.2) is 4.79 Å². The number of halogens is 2. The number of hydrogen-bond donors (Lipinski definition) is 1. The third kappa shape index (κ3) is 1.94. The van der Waals surface area contributed by atoms with Crippen molar-refractivity contribution in [3.63, 3.8) is 0 Å². The van der Waals surface area contributed by atoms with E-state index in [0.717, 1.165) is 0 Å². The molecule has 4 rings (SSSR count). The van der Waals surface area contributed by atoms with Gasteiger partial charge in [0.05, 0.1) is 5.25 Å². The second kappa shape index (κ2) is 4.21. The number of hydrogen-bond acceptors (Lipinski definition) is 7. The Morgan fingerprint density at radius 2 is 1.83 bits per heavy atom. The molecule has 1 aliphatic heterocycles. The Labute approximate surface area is 130 Å². The van der Waals surface area contributed by atoms with Crippen molar-refractivity contribution < 1.29 is 43.9 Å². The van der Waals surface area contributed by atoms with Crippen LogP contribution in [0.4, 0.5) is 8.78 Å². The van der Waals surface area contributed by atoms with Crippen LogP contribution in [0.5, 0.6) is 0 Å². The molecule has 23 heavy (non-hydrogen) atoms. The Morgan fingerprint density at radius 1 is 1.22 bits per heavy atom. The molecule has 1 saturated heterocycles. The molecule has 1 heterocycles. The summed E-state index contributed by atoms with van der Waals surface area (Å²) in [7, 11) is -9.81. The molecule has 8 nitrogen and oxygen atoms in total. The van der Waals surface area contributed by atoms with Gasteiger partial charge in [-0.05, 0) is 30.6 Å². The molecular formula is C11H12F2O8S2. The number of carbonyl (C=O) groups excluding carboxylic acids is 1. The molecule has 4 fully saturated rings. The molecule has 7 atom stereocenters. The molecule has 0 amide bonds. The molecule has 1 N–H and O–H groups in total. The van der Waals surface area contributed by atoms with Crippen LogP contribution < -0.4 is 0 Å². The summed E-state index contributed by atoms with van der Waals surface area (Å²) in [6.45, 7) is 0. The summed E-state index contributed by atoms with van der Waals surface area (Å²) in [5, 5.41) is -5.83. The van der Waals surface area contributed by atoms with Crippen molar-refractivity contribution >= 4 is 26.2 Å². The zero-order valence-corrected chi connectivity index (χ0v) is 13.0. The predicted molar refractivity (Wildman–Crippen MR) is 67.2 cm³/mol. The van der Waals surface area contributed by atoms with Crippen LogP contribution in [0.25, 0.3) is 0 Å². The highest BCUT2D eigenvalue weighted by Crippen LogP contribution is 2.70. The van der Waals surface area contributed by atoms with Crippen LogP contribution in [0.1, 0.15) is 12.8 Å². The topological polar surface area (TPSA) is 124 Å². The quantitative estimate of drug-likeness (QED) is 0.408. The molecule has 4 aliphatic rings. The Morgan fingerprint density at radius 3 is 2.43 bits per heavy atom. The first-order valence-corrected chi connectivity index (χ1v) is 9.84. The molecule has 3 saturated carbocycles. The normalized spacial score (nSPS) is 46.3. The molecule has 0 aromatic rings. The van der Waals surface area contributed by atoms with Gasteiger partial charge in [0.15, 0.2) is 0 Å². The minimum Gasteiger partial charge on any atom is -0.454 e. The van der Waals surface area contributed by atoms with E-state index in [-0.39, 0.29) is 24.2 Å². The van der Waals surface area contributed by atoms with Gasteiger partial charge in [0, 0.05) is 5.92 Å². The van der Waals surface area contributed by atoms with Crippen LogP contribution >= 0.6 is 0 Å². The van der Waals surface area contributed by atoms with Crippen LogP contribution in [0.2, 0.25) is 0 Å². The molecule has 0 spiro atoms. The molecule has 0 aromatic heterocycles. The fourth-order valence-corrected chi connectivity index (χ4v) is 6.70. The lowest BCUT2D eigenvalue weighted by molar-refractivity contribution is -0.175. The Bertz CT molecular complexity index is 791. The highest BCUT2D eigenvalue weighted by molar-refractivity contribution is 7.88. The summed E-state index contributed by atoms with van der Waals surface area (Å²) in [6, 6.07) is 0. The lowest BCUT2D eigenvalue weighted by Gasteiger charge is -2.32. The summed E-state index contributed by atoms with van der Waals surface area (Å²) in [6.07, 6.45) is -1.74. The van der Waals surface area contributed by atoms with Crippen molar-refractivity contribution in [2.45, 2.75) is 35.6 Å². The van der Waals surface area contributed by atoms with E-state index in [0.29, 0.717) is 6.42 Å².